The van der Waals surface area contributed by atoms with E-state index in [4.69, 9.17) is 0 Å². The number of likely N-dealkylation sites (tertiary alicyclic amines) is 1. The first-order valence-electron chi connectivity index (χ1n) is 7.26. The van der Waals surface area contributed by atoms with Crippen molar-refractivity contribution in [1.82, 2.24) is 9.47 Å². The minimum Gasteiger partial charge on any atom is -0.481 e. The van der Waals surface area contributed by atoms with Crippen LogP contribution in [0.3, 0.4) is 0 Å². The first-order valence-corrected chi connectivity index (χ1v) is 7.26. The summed E-state index contributed by atoms with van der Waals surface area (Å²) in [7, 11) is 0. The van der Waals surface area contributed by atoms with Gasteiger partial charge in [-0.2, -0.15) is 0 Å². The number of carboxylic acids is 1. The van der Waals surface area contributed by atoms with Crippen LogP contribution in [0.2, 0.25) is 0 Å². The van der Waals surface area contributed by atoms with Crippen molar-refractivity contribution in [3.63, 3.8) is 0 Å². The van der Waals surface area contributed by atoms with Gasteiger partial charge in [-0.15, -0.1) is 0 Å². The molecule has 0 unspecified atom stereocenters. The van der Waals surface area contributed by atoms with Crippen LogP contribution in [-0.4, -0.2) is 39.5 Å². The van der Waals surface area contributed by atoms with E-state index in [1.165, 1.54) is 0 Å². The van der Waals surface area contributed by atoms with Gasteiger partial charge in [0.15, 0.2) is 0 Å². The van der Waals surface area contributed by atoms with Crippen LogP contribution in [0.25, 0.3) is 5.69 Å². The number of benzene rings is 1. The first-order chi connectivity index (χ1) is 10.5. The van der Waals surface area contributed by atoms with Crippen molar-refractivity contribution in [3.8, 4) is 5.69 Å². The highest BCUT2D eigenvalue weighted by Crippen LogP contribution is 2.31. The van der Waals surface area contributed by atoms with Crippen molar-refractivity contribution >= 4 is 11.9 Å². The van der Waals surface area contributed by atoms with E-state index in [1.807, 2.05) is 47.3 Å². The Bertz CT molecular complexity index is 708. The summed E-state index contributed by atoms with van der Waals surface area (Å²) >= 11 is 0. The molecule has 22 heavy (non-hydrogen) atoms. The molecule has 2 heterocycles. The fourth-order valence-corrected chi connectivity index (χ4v) is 2.80. The second-order valence-corrected chi connectivity index (χ2v) is 5.98. The average molecular weight is 298 g/mol. The minimum absolute atomic E-state index is 0.112. The molecule has 2 aromatic rings. The highest BCUT2D eigenvalue weighted by atomic mass is 16.4. The maximum Gasteiger partial charge on any atom is 0.311 e. The monoisotopic (exact) mass is 298 g/mol. The molecule has 1 aliphatic rings. The van der Waals surface area contributed by atoms with Crippen molar-refractivity contribution in [1.29, 1.82) is 0 Å². The van der Waals surface area contributed by atoms with Gasteiger partial charge in [0.2, 0.25) is 0 Å². The van der Waals surface area contributed by atoms with Gasteiger partial charge in [-0.25, -0.2) is 0 Å². The zero-order chi connectivity index (χ0) is 15.7. The summed E-state index contributed by atoms with van der Waals surface area (Å²) in [6.45, 7) is 2.43. The first kappa shape index (κ1) is 14.4. The van der Waals surface area contributed by atoms with E-state index < -0.39 is 11.4 Å². The van der Waals surface area contributed by atoms with E-state index in [1.54, 1.807) is 17.9 Å². The van der Waals surface area contributed by atoms with Crippen LogP contribution in [0.4, 0.5) is 0 Å². The standard InChI is InChI=1S/C17H18N2O3/c1-17(16(21)22)7-10-19(12-17)15(20)13-5-4-6-14(11-13)18-8-2-3-9-18/h2-6,8-9,11H,7,10,12H2,1H3,(H,21,22)/t17-/m0/s1. The number of aliphatic carboxylic acids is 1. The summed E-state index contributed by atoms with van der Waals surface area (Å²) in [5.41, 5.74) is 0.658. The molecule has 1 fully saturated rings. The molecule has 1 N–H and O–H groups in total. The number of hydrogen-bond acceptors (Lipinski definition) is 2. The predicted octanol–water partition coefficient (Wildman–Crippen LogP) is 2.41. The topological polar surface area (TPSA) is 62.5 Å². The molecule has 1 aromatic heterocycles. The molecule has 0 saturated carbocycles. The Morgan fingerprint density at radius 1 is 1.18 bits per heavy atom. The Kier molecular flexibility index (Phi) is 3.48. The third-order valence-electron chi connectivity index (χ3n) is 4.27. The second kappa shape index (κ2) is 5.33. The van der Waals surface area contributed by atoms with E-state index in [0.29, 0.717) is 18.5 Å². The Morgan fingerprint density at radius 2 is 1.91 bits per heavy atom. The molecule has 0 spiro atoms. The Hall–Kier alpha value is -2.56. The Balaban J connectivity index is 1.82. The normalized spacial score (nSPS) is 21.0. The molecule has 0 aliphatic carbocycles. The van der Waals surface area contributed by atoms with Crippen LogP contribution in [0.5, 0.6) is 0 Å². The number of hydrogen-bond donors (Lipinski definition) is 1. The van der Waals surface area contributed by atoms with Gasteiger partial charge in [-0.1, -0.05) is 6.07 Å². The molecule has 0 bridgehead atoms. The molecule has 1 saturated heterocycles. The van der Waals surface area contributed by atoms with Gasteiger partial charge in [-0.3, -0.25) is 9.59 Å². The lowest BCUT2D eigenvalue weighted by molar-refractivity contribution is -0.147. The fourth-order valence-electron chi connectivity index (χ4n) is 2.80. The number of rotatable bonds is 3. The smallest absolute Gasteiger partial charge is 0.311 e. The van der Waals surface area contributed by atoms with Gasteiger partial charge in [0, 0.05) is 36.7 Å². The summed E-state index contributed by atoms with van der Waals surface area (Å²) in [5, 5.41) is 9.27. The summed E-state index contributed by atoms with van der Waals surface area (Å²) in [6.07, 6.45) is 4.33. The lowest BCUT2D eigenvalue weighted by Gasteiger charge is -2.20. The van der Waals surface area contributed by atoms with Crippen molar-refractivity contribution in [2.24, 2.45) is 5.41 Å². The zero-order valence-electron chi connectivity index (χ0n) is 12.4. The lowest BCUT2D eigenvalue weighted by Crippen LogP contribution is -2.34. The van der Waals surface area contributed by atoms with Crippen molar-refractivity contribution < 1.29 is 14.7 Å². The number of nitrogens with zero attached hydrogens (tertiary/aromatic N) is 2. The average Bonchev–Trinajstić information content (AvgIpc) is 3.17. The predicted molar refractivity (Wildman–Crippen MR) is 82.0 cm³/mol. The van der Waals surface area contributed by atoms with E-state index in [9.17, 15) is 14.7 Å². The van der Waals surface area contributed by atoms with Gasteiger partial charge in [-0.05, 0) is 43.7 Å². The van der Waals surface area contributed by atoms with Crippen LogP contribution in [0, 0.1) is 5.41 Å². The van der Waals surface area contributed by atoms with Crippen LogP contribution >= 0.6 is 0 Å². The van der Waals surface area contributed by atoms with Gasteiger partial charge >= 0.3 is 5.97 Å². The van der Waals surface area contributed by atoms with Gasteiger partial charge in [0.05, 0.1) is 5.41 Å². The quantitative estimate of drug-likeness (QED) is 0.946. The van der Waals surface area contributed by atoms with Crippen LogP contribution in [-0.2, 0) is 4.79 Å². The number of carboxylic acid groups (broad SMARTS) is 1. The van der Waals surface area contributed by atoms with Gasteiger partial charge in [0.1, 0.15) is 0 Å². The molecule has 5 heteroatoms. The summed E-state index contributed by atoms with van der Waals surface area (Å²) < 4.78 is 1.93. The molecule has 1 aliphatic heterocycles. The van der Waals surface area contributed by atoms with E-state index >= 15 is 0 Å². The summed E-state index contributed by atoms with van der Waals surface area (Å²) in [4.78, 5) is 25.5. The maximum atomic E-state index is 12.6. The Labute approximate surface area is 128 Å². The van der Waals surface area contributed by atoms with E-state index in [0.717, 1.165) is 5.69 Å². The SMILES string of the molecule is C[C@]1(C(=O)O)CCN(C(=O)c2cccc(-n3cccc3)c2)C1. The second-order valence-electron chi connectivity index (χ2n) is 5.98. The molecule has 0 radical (unpaired) electrons. The van der Waals surface area contributed by atoms with Crippen LogP contribution in [0.15, 0.2) is 48.8 Å². The highest BCUT2D eigenvalue weighted by molar-refractivity contribution is 5.95. The molecule has 1 amide bonds. The fraction of sp³-hybridized carbons (Fsp3) is 0.294. The number of amides is 1. The van der Waals surface area contributed by atoms with Gasteiger partial charge in [0.25, 0.3) is 5.91 Å². The molecular weight excluding hydrogens is 280 g/mol. The third-order valence-corrected chi connectivity index (χ3v) is 4.27. The highest BCUT2D eigenvalue weighted by Gasteiger charge is 2.42. The van der Waals surface area contributed by atoms with Crippen LogP contribution < -0.4 is 0 Å². The number of aromatic nitrogens is 1. The molecule has 1 atom stereocenters. The van der Waals surface area contributed by atoms with Crippen molar-refractivity contribution in [2.45, 2.75) is 13.3 Å². The molecular formula is C17H18N2O3. The number of carbonyl (C=O) groups is 2. The third kappa shape index (κ3) is 2.50. The molecule has 1 aromatic carbocycles. The maximum absolute atomic E-state index is 12.6. The van der Waals surface area contributed by atoms with Crippen molar-refractivity contribution in [2.75, 3.05) is 13.1 Å². The molecule has 3 rings (SSSR count). The zero-order valence-corrected chi connectivity index (χ0v) is 12.4. The largest absolute Gasteiger partial charge is 0.481 e. The van der Waals surface area contributed by atoms with Crippen molar-refractivity contribution in [3.05, 3.63) is 54.4 Å². The minimum atomic E-state index is -0.844. The summed E-state index contributed by atoms with van der Waals surface area (Å²) in [5.74, 6) is -0.956. The van der Waals surface area contributed by atoms with Crippen LogP contribution in [0.1, 0.15) is 23.7 Å². The Morgan fingerprint density at radius 3 is 2.55 bits per heavy atom. The summed E-state index contributed by atoms with van der Waals surface area (Å²) in [6, 6.07) is 11.2. The molecule has 5 nitrogen and oxygen atoms in total. The van der Waals surface area contributed by atoms with Gasteiger partial charge < -0.3 is 14.6 Å². The number of carbonyl (C=O) groups excluding carboxylic acids is 1. The van der Waals surface area contributed by atoms with E-state index in [-0.39, 0.29) is 12.5 Å². The van der Waals surface area contributed by atoms with E-state index in [2.05, 4.69) is 0 Å². The molecule has 114 valence electrons. The lowest BCUT2D eigenvalue weighted by atomic mass is 9.90.